The number of anilines is 1. The minimum atomic E-state index is -0.800. The van der Waals surface area contributed by atoms with Crippen LogP contribution in [0.25, 0.3) is 0 Å². The Bertz CT molecular complexity index is 915. The molecule has 0 aliphatic carbocycles. The summed E-state index contributed by atoms with van der Waals surface area (Å²) in [6.07, 6.45) is 0. The second-order valence-corrected chi connectivity index (χ2v) is 7.68. The third kappa shape index (κ3) is 5.87. The first-order chi connectivity index (χ1) is 14.4. The van der Waals surface area contributed by atoms with Crippen molar-refractivity contribution in [2.24, 2.45) is 0 Å². The van der Waals surface area contributed by atoms with Crippen molar-refractivity contribution in [2.75, 3.05) is 44.6 Å². The molecule has 3 rings (SSSR count). The highest BCUT2D eigenvalue weighted by Crippen LogP contribution is 2.18. The van der Waals surface area contributed by atoms with Crippen LogP contribution in [0.15, 0.2) is 53.0 Å². The lowest BCUT2D eigenvalue weighted by Crippen LogP contribution is -2.50. The van der Waals surface area contributed by atoms with Gasteiger partial charge in [-0.25, -0.2) is 4.39 Å². The van der Waals surface area contributed by atoms with E-state index in [2.05, 4.69) is 31.5 Å². The molecule has 0 atom stereocenters. The highest BCUT2D eigenvalue weighted by Gasteiger charge is 2.23. The molecule has 0 radical (unpaired) electrons. The largest absolute Gasteiger partial charge is 0.347 e. The number of hydrogen-bond acceptors (Lipinski definition) is 4. The third-order valence-electron chi connectivity index (χ3n) is 4.79. The van der Waals surface area contributed by atoms with Gasteiger partial charge in [0.05, 0.1) is 5.56 Å². The van der Waals surface area contributed by atoms with Crippen molar-refractivity contribution in [3.63, 3.8) is 0 Å². The van der Waals surface area contributed by atoms with Crippen LogP contribution in [0.5, 0.6) is 0 Å². The van der Waals surface area contributed by atoms with E-state index >= 15 is 0 Å². The summed E-state index contributed by atoms with van der Waals surface area (Å²) >= 11 is 3.41. The molecule has 1 fully saturated rings. The van der Waals surface area contributed by atoms with E-state index in [0.29, 0.717) is 50.5 Å². The van der Waals surface area contributed by atoms with E-state index < -0.39 is 17.6 Å². The fourth-order valence-corrected chi connectivity index (χ4v) is 3.56. The Balaban J connectivity index is 1.38. The first-order valence-electron chi connectivity index (χ1n) is 9.55. The van der Waals surface area contributed by atoms with Gasteiger partial charge in [-0.2, -0.15) is 0 Å². The number of nitrogens with one attached hydrogen (secondary N) is 2. The maximum atomic E-state index is 12.9. The molecule has 0 saturated carbocycles. The molecule has 3 amide bonds. The lowest BCUT2D eigenvalue weighted by atomic mass is 10.2. The Kier molecular flexibility index (Phi) is 7.53. The summed E-state index contributed by atoms with van der Waals surface area (Å²) in [7, 11) is 0. The quantitative estimate of drug-likeness (QED) is 0.647. The molecule has 1 saturated heterocycles. The molecule has 0 spiro atoms. The molecule has 9 heteroatoms. The van der Waals surface area contributed by atoms with Gasteiger partial charge in [0.25, 0.3) is 5.91 Å². The molecule has 30 heavy (non-hydrogen) atoms. The molecule has 0 unspecified atom stereocenters. The van der Waals surface area contributed by atoms with Crippen molar-refractivity contribution < 1.29 is 18.8 Å². The predicted molar refractivity (Wildman–Crippen MR) is 115 cm³/mol. The summed E-state index contributed by atoms with van der Waals surface area (Å²) in [5.74, 6) is -1.98. The standard InChI is InChI=1S/C21H22BrFN4O3/c22-18-4-2-1-3-17(18)21(30)27-13-11-26(12-14-27)10-9-24-19(28)20(29)25-16-7-5-15(23)6-8-16/h1-8H,9-14H2,(H,24,28)(H,25,29). The molecule has 0 bridgehead atoms. The number of rotatable bonds is 5. The lowest BCUT2D eigenvalue weighted by molar-refractivity contribution is -0.136. The van der Waals surface area contributed by atoms with E-state index in [1.807, 2.05) is 23.1 Å². The van der Waals surface area contributed by atoms with Crippen molar-refractivity contribution in [3.8, 4) is 0 Å². The van der Waals surface area contributed by atoms with Crippen molar-refractivity contribution >= 4 is 39.3 Å². The zero-order chi connectivity index (χ0) is 21.5. The first-order valence-corrected chi connectivity index (χ1v) is 10.3. The summed E-state index contributed by atoms with van der Waals surface area (Å²) < 4.78 is 13.7. The number of nitrogens with zero attached hydrogens (tertiary/aromatic N) is 2. The molecule has 1 aliphatic heterocycles. The molecule has 158 valence electrons. The van der Waals surface area contributed by atoms with Gasteiger partial charge in [-0.05, 0) is 52.3 Å². The molecule has 0 aromatic heterocycles. The minimum absolute atomic E-state index is 0.00658. The molecule has 2 aromatic carbocycles. The topological polar surface area (TPSA) is 81.8 Å². The first kappa shape index (κ1) is 21.9. The summed E-state index contributed by atoms with van der Waals surface area (Å²) in [5.41, 5.74) is 0.993. The Hall–Kier alpha value is -2.78. The van der Waals surface area contributed by atoms with E-state index in [1.54, 1.807) is 6.07 Å². The molecule has 1 aliphatic rings. The average Bonchev–Trinajstić information content (AvgIpc) is 2.75. The zero-order valence-corrected chi connectivity index (χ0v) is 17.8. The monoisotopic (exact) mass is 476 g/mol. The van der Waals surface area contributed by atoms with Crippen molar-refractivity contribution in [1.29, 1.82) is 0 Å². The van der Waals surface area contributed by atoms with Crippen LogP contribution in [-0.2, 0) is 9.59 Å². The van der Waals surface area contributed by atoms with Crippen molar-refractivity contribution in [2.45, 2.75) is 0 Å². The van der Waals surface area contributed by atoms with Gasteiger partial charge in [-0.15, -0.1) is 0 Å². The van der Waals surface area contributed by atoms with E-state index in [1.165, 1.54) is 24.3 Å². The molecule has 2 N–H and O–H groups in total. The van der Waals surface area contributed by atoms with E-state index in [-0.39, 0.29) is 5.91 Å². The van der Waals surface area contributed by atoms with Crippen LogP contribution in [-0.4, -0.2) is 66.8 Å². The minimum Gasteiger partial charge on any atom is -0.347 e. The SMILES string of the molecule is O=C(NCCN1CCN(C(=O)c2ccccc2Br)CC1)C(=O)Nc1ccc(F)cc1. The van der Waals surface area contributed by atoms with Crippen molar-refractivity contribution in [1.82, 2.24) is 15.1 Å². The van der Waals surface area contributed by atoms with Crippen LogP contribution in [0, 0.1) is 5.82 Å². The second-order valence-electron chi connectivity index (χ2n) is 6.83. The molecular weight excluding hydrogens is 455 g/mol. The van der Waals surface area contributed by atoms with Crippen LogP contribution < -0.4 is 10.6 Å². The van der Waals surface area contributed by atoms with Gasteiger partial charge in [0.2, 0.25) is 0 Å². The van der Waals surface area contributed by atoms with Crippen LogP contribution in [0.2, 0.25) is 0 Å². The molecular formula is C21H22BrFN4O3. The van der Waals surface area contributed by atoms with E-state index in [0.717, 1.165) is 4.47 Å². The summed E-state index contributed by atoms with van der Waals surface area (Å²) in [5, 5.41) is 4.99. The van der Waals surface area contributed by atoms with E-state index in [4.69, 9.17) is 0 Å². The van der Waals surface area contributed by atoms with Crippen molar-refractivity contribution in [3.05, 3.63) is 64.4 Å². The number of carbonyl (C=O) groups is 3. The molecule has 2 aromatic rings. The summed E-state index contributed by atoms with van der Waals surface area (Å²) in [4.78, 5) is 40.4. The fraction of sp³-hybridized carbons (Fsp3) is 0.286. The molecule has 7 nitrogen and oxygen atoms in total. The number of carbonyl (C=O) groups excluding carboxylic acids is 3. The Morgan fingerprint density at radius 2 is 1.60 bits per heavy atom. The van der Waals surface area contributed by atoms with Crippen LogP contribution in [0.1, 0.15) is 10.4 Å². The lowest BCUT2D eigenvalue weighted by Gasteiger charge is -2.34. The predicted octanol–water partition coefficient (Wildman–Crippen LogP) is 2.10. The highest BCUT2D eigenvalue weighted by atomic mass is 79.9. The second kappa shape index (κ2) is 10.3. The Morgan fingerprint density at radius 1 is 0.933 bits per heavy atom. The Morgan fingerprint density at radius 3 is 2.27 bits per heavy atom. The number of halogens is 2. The van der Waals surface area contributed by atoms with Crippen LogP contribution >= 0.6 is 15.9 Å². The van der Waals surface area contributed by atoms with Gasteiger partial charge in [0, 0.05) is 49.4 Å². The normalized spacial score (nSPS) is 14.3. The summed E-state index contributed by atoms with van der Waals surface area (Å²) in [6, 6.07) is 12.5. The maximum Gasteiger partial charge on any atom is 0.313 e. The zero-order valence-electron chi connectivity index (χ0n) is 16.2. The third-order valence-corrected chi connectivity index (χ3v) is 5.48. The molecule has 1 heterocycles. The van der Waals surface area contributed by atoms with Gasteiger partial charge < -0.3 is 15.5 Å². The summed E-state index contributed by atoms with van der Waals surface area (Å²) in [6.45, 7) is 3.46. The van der Waals surface area contributed by atoms with Gasteiger partial charge in [0.15, 0.2) is 0 Å². The van der Waals surface area contributed by atoms with Gasteiger partial charge >= 0.3 is 11.8 Å². The van der Waals surface area contributed by atoms with Crippen LogP contribution in [0.4, 0.5) is 10.1 Å². The Labute approximate surface area is 182 Å². The van der Waals surface area contributed by atoms with Gasteiger partial charge in [0.1, 0.15) is 5.82 Å². The number of hydrogen-bond donors (Lipinski definition) is 2. The smallest absolute Gasteiger partial charge is 0.313 e. The van der Waals surface area contributed by atoms with Gasteiger partial charge in [-0.3, -0.25) is 19.3 Å². The highest BCUT2D eigenvalue weighted by molar-refractivity contribution is 9.10. The van der Waals surface area contributed by atoms with E-state index in [9.17, 15) is 18.8 Å². The van der Waals surface area contributed by atoms with Crippen LogP contribution in [0.3, 0.4) is 0 Å². The maximum absolute atomic E-state index is 12.9. The average molecular weight is 477 g/mol. The number of benzene rings is 2. The number of piperazine rings is 1. The number of amides is 3. The fourth-order valence-electron chi connectivity index (χ4n) is 3.11. The van der Waals surface area contributed by atoms with Gasteiger partial charge in [-0.1, -0.05) is 12.1 Å².